The minimum absolute atomic E-state index is 0.235. The van der Waals surface area contributed by atoms with Gasteiger partial charge in [0.25, 0.3) is 0 Å². The van der Waals surface area contributed by atoms with Crippen molar-refractivity contribution in [3.8, 4) is 0 Å². The van der Waals surface area contributed by atoms with E-state index in [1.165, 1.54) is 12.8 Å². The van der Waals surface area contributed by atoms with Gasteiger partial charge in [0, 0.05) is 32.2 Å². The molecule has 3 rings (SSSR count). The van der Waals surface area contributed by atoms with Crippen LogP contribution in [-0.2, 0) is 9.53 Å². The summed E-state index contributed by atoms with van der Waals surface area (Å²) in [6.45, 7) is 3.43. The highest BCUT2D eigenvalue weighted by Gasteiger charge is 2.29. The second-order valence-corrected chi connectivity index (χ2v) is 5.42. The molecule has 0 atom stereocenters. The van der Waals surface area contributed by atoms with E-state index in [0.717, 1.165) is 52.0 Å². The van der Waals surface area contributed by atoms with E-state index in [-0.39, 0.29) is 5.92 Å². The topological polar surface area (TPSA) is 29.5 Å². The van der Waals surface area contributed by atoms with E-state index >= 15 is 0 Å². The van der Waals surface area contributed by atoms with E-state index < -0.39 is 0 Å². The number of nitrogens with zero attached hydrogens (tertiary/aromatic N) is 1. The van der Waals surface area contributed by atoms with Gasteiger partial charge in [0.1, 0.15) is 0 Å². The summed E-state index contributed by atoms with van der Waals surface area (Å²) in [4.78, 5) is 14.4. The molecular formula is C14H21NO2. The molecule has 1 saturated carbocycles. The molecule has 0 radical (unpaired) electrons. The van der Waals surface area contributed by atoms with Crippen molar-refractivity contribution >= 4 is 5.91 Å². The fourth-order valence-corrected chi connectivity index (χ4v) is 2.97. The molecule has 0 aromatic heterocycles. The molecule has 0 bridgehead atoms. The third kappa shape index (κ3) is 2.54. The predicted octanol–water partition coefficient (Wildman–Crippen LogP) is 2.13. The number of ether oxygens (including phenoxy) is 1. The molecule has 2 aliphatic heterocycles. The number of rotatable bonds is 1. The van der Waals surface area contributed by atoms with Gasteiger partial charge in [-0.3, -0.25) is 4.79 Å². The molecule has 2 heterocycles. The summed E-state index contributed by atoms with van der Waals surface area (Å²) < 4.78 is 5.32. The largest absolute Gasteiger partial charge is 0.381 e. The van der Waals surface area contributed by atoms with Crippen LogP contribution in [0.3, 0.4) is 0 Å². The molecule has 3 fully saturated rings. The summed E-state index contributed by atoms with van der Waals surface area (Å²) >= 11 is 0. The zero-order valence-corrected chi connectivity index (χ0v) is 10.4. The van der Waals surface area contributed by atoms with Crippen molar-refractivity contribution in [2.45, 2.75) is 38.5 Å². The standard InChI is InChI=1S/C14H21NO2/c16-14(13-5-9-17-10-6-13)15-7-3-12(4-8-15)11-1-2-11/h13H,1-10H2. The SMILES string of the molecule is O=C(C1CCOCC1)N1CCC(=C2CC2)CC1. The van der Waals surface area contributed by atoms with Crippen LogP contribution in [0.2, 0.25) is 0 Å². The number of likely N-dealkylation sites (tertiary alicyclic amines) is 1. The van der Waals surface area contributed by atoms with E-state index in [0.29, 0.717) is 5.91 Å². The van der Waals surface area contributed by atoms with Gasteiger partial charge in [-0.2, -0.15) is 0 Å². The Balaban J connectivity index is 1.54. The maximum absolute atomic E-state index is 12.3. The molecule has 17 heavy (non-hydrogen) atoms. The molecule has 0 N–H and O–H groups in total. The summed E-state index contributed by atoms with van der Waals surface area (Å²) in [6.07, 6.45) is 6.74. The highest BCUT2D eigenvalue weighted by molar-refractivity contribution is 5.79. The molecule has 3 nitrogen and oxygen atoms in total. The average molecular weight is 235 g/mol. The Labute approximate surface area is 103 Å². The van der Waals surface area contributed by atoms with Crippen LogP contribution in [0.15, 0.2) is 11.1 Å². The summed E-state index contributed by atoms with van der Waals surface area (Å²) in [5.41, 5.74) is 3.34. The average Bonchev–Trinajstić information content (AvgIpc) is 3.24. The van der Waals surface area contributed by atoms with Crippen molar-refractivity contribution < 1.29 is 9.53 Å². The van der Waals surface area contributed by atoms with Crippen molar-refractivity contribution in [1.82, 2.24) is 4.90 Å². The van der Waals surface area contributed by atoms with Crippen LogP contribution in [0.4, 0.5) is 0 Å². The number of amides is 1. The van der Waals surface area contributed by atoms with Crippen LogP contribution in [0.25, 0.3) is 0 Å². The first-order valence-electron chi connectivity index (χ1n) is 6.91. The molecule has 3 aliphatic rings. The molecule has 1 amide bonds. The van der Waals surface area contributed by atoms with Gasteiger partial charge in [0.2, 0.25) is 5.91 Å². The molecule has 94 valence electrons. The zero-order chi connectivity index (χ0) is 11.7. The van der Waals surface area contributed by atoms with Crippen molar-refractivity contribution in [1.29, 1.82) is 0 Å². The molecule has 1 aliphatic carbocycles. The van der Waals surface area contributed by atoms with Crippen molar-refractivity contribution in [3.63, 3.8) is 0 Å². The van der Waals surface area contributed by atoms with Gasteiger partial charge >= 0.3 is 0 Å². The highest BCUT2D eigenvalue weighted by atomic mass is 16.5. The maximum Gasteiger partial charge on any atom is 0.225 e. The first-order valence-corrected chi connectivity index (χ1v) is 6.91. The van der Waals surface area contributed by atoms with Gasteiger partial charge in [-0.05, 0) is 38.5 Å². The van der Waals surface area contributed by atoms with Gasteiger partial charge in [0.15, 0.2) is 0 Å². The Morgan fingerprint density at radius 3 is 2.18 bits per heavy atom. The lowest BCUT2D eigenvalue weighted by Crippen LogP contribution is -2.41. The van der Waals surface area contributed by atoms with Crippen LogP contribution in [-0.4, -0.2) is 37.1 Å². The lowest BCUT2D eigenvalue weighted by atomic mass is 9.96. The van der Waals surface area contributed by atoms with Gasteiger partial charge in [0.05, 0.1) is 0 Å². The first kappa shape index (κ1) is 11.3. The second kappa shape index (κ2) is 4.81. The number of hydrogen-bond donors (Lipinski definition) is 0. The molecule has 0 spiro atoms. The summed E-state index contributed by atoms with van der Waals surface area (Å²) in [7, 11) is 0. The minimum atomic E-state index is 0.235. The fraction of sp³-hybridized carbons (Fsp3) is 0.786. The van der Waals surface area contributed by atoms with E-state index in [4.69, 9.17) is 4.74 Å². The molecule has 0 unspecified atom stereocenters. The molecule has 2 saturated heterocycles. The quantitative estimate of drug-likeness (QED) is 0.652. The molecule has 3 heteroatoms. The van der Waals surface area contributed by atoms with Crippen molar-refractivity contribution in [2.75, 3.05) is 26.3 Å². The van der Waals surface area contributed by atoms with E-state index in [9.17, 15) is 4.79 Å². The van der Waals surface area contributed by atoms with Crippen LogP contribution < -0.4 is 0 Å². The van der Waals surface area contributed by atoms with E-state index in [1.807, 2.05) is 0 Å². The van der Waals surface area contributed by atoms with Crippen LogP contribution in [0.1, 0.15) is 38.5 Å². The van der Waals surface area contributed by atoms with Gasteiger partial charge < -0.3 is 9.64 Å². The number of hydrogen-bond acceptors (Lipinski definition) is 2. The monoisotopic (exact) mass is 235 g/mol. The Hall–Kier alpha value is -0.830. The van der Waals surface area contributed by atoms with E-state index in [2.05, 4.69) is 4.90 Å². The normalized spacial score (nSPS) is 26.2. The summed E-state index contributed by atoms with van der Waals surface area (Å²) in [6, 6.07) is 0. The smallest absolute Gasteiger partial charge is 0.225 e. The number of allylic oxidation sites excluding steroid dienone is 1. The Morgan fingerprint density at radius 2 is 1.59 bits per heavy atom. The number of piperidine rings is 1. The Morgan fingerprint density at radius 1 is 1.00 bits per heavy atom. The number of carbonyl (C=O) groups is 1. The van der Waals surface area contributed by atoms with Crippen molar-refractivity contribution in [2.24, 2.45) is 5.92 Å². The second-order valence-electron chi connectivity index (χ2n) is 5.42. The molecule has 0 aromatic carbocycles. The number of carbonyl (C=O) groups excluding carboxylic acids is 1. The highest BCUT2D eigenvalue weighted by Crippen LogP contribution is 2.36. The Bertz CT molecular complexity index is 326. The van der Waals surface area contributed by atoms with Gasteiger partial charge in [-0.1, -0.05) is 11.1 Å². The third-order valence-corrected chi connectivity index (χ3v) is 4.25. The lowest BCUT2D eigenvalue weighted by molar-refractivity contribution is -0.139. The summed E-state index contributed by atoms with van der Waals surface area (Å²) in [5.74, 6) is 0.618. The van der Waals surface area contributed by atoms with Gasteiger partial charge in [-0.25, -0.2) is 0 Å². The molecule has 0 aromatic rings. The summed E-state index contributed by atoms with van der Waals surface area (Å²) in [5, 5.41) is 0. The van der Waals surface area contributed by atoms with Crippen LogP contribution in [0, 0.1) is 5.92 Å². The minimum Gasteiger partial charge on any atom is -0.381 e. The predicted molar refractivity (Wildman–Crippen MR) is 65.6 cm³/mol. The van der Waals surface area contributed by atoms with Crippen LogP contribution in [0.5, 0.6) is 0 Å². The lowest BCUT2D eigenvalue weighted by Gasteiger charge is -2.33. The van der Waals surface area contributed by atoms with E-state index in [1.54, 1.807) is 11.1 Å². The third-order valence-electron chi connectivity index (χ3n) is 4.25. The van der Waals surface area contributed by atoms with Gasteiger partial charge in [-0.15, -0.1) is 0 Å². The fourth-order valence-electron chi connectivity index (χ4n) is 2.97. The Kier molecular flexibility index (Phi) is 3.19. The van der Waals surface area contributed by atoms with Crippen molar-refractivity contribution in [3.05, 3.63) is 11.1 Å². The van der Waals surface area contributed by atoms with Crippen LogP contribution >= 0.6 is 0 Å². The zero-order valence-electron chi connectivity index (χ0n) is 10.4. The maximum atomic E-state index is 12.3. The first-order chi connectivity index (χ1) is 8.34. The molecular weight excluding hydrogens is 214 g/mol.